The molecule has 2 heterocycles. The Morgan fingerprint density at radius 1 is 1.07 bits per heavy atom. The maximum atomic E-state index is 12.4. The molecule has 0 bridgehead atoms. The van der Waals surface area contributed by atoms with Gasteiger partial charge in [-0.25, -0.2) is 0 Å². The topological polar surface area (TPSA) is 50.8 Å². The summed E-state index contributed by atoms with van der Waals surface area (Å²) in [6, 6.07) is 15.9. The third-order valence-corrected chi connectivity index (χ3v) is 5.09. The first-order valence-corrected chi connectivity index (χ1v) is 9.65. The lowest BCUT2D eigenvalue weighted by atomic mass is 10.0. The lowest BCUT2D eigenvalue weighted by Crippen LogP contribution is -2.49. The van der Waals surface area contributed by atoms with Gasteiger partial charge >= 0.3 is 0 Å². The zero-order valence-corrected chi connectivity index (χ0v) is 16.0. The Morgan fingerprint density at radius 2 is 1.79 bits per heavy atom. The monoisotopic (exact) mass is 376 g/mol. The number of amides is 1. The molecular weight excluding hydrogens is 352 g/mol. The van der Waals surface area contributed by atoms with E-state index in [4.69, 9.17) is 9.47 Å². The summed E-state index contributed by atoms with van der Waals surface area (Å²) >= 11 is 0. The maximum Gasteiger partial charge on any atom is 0.265 e. The first-order chi connectivity index (χ1) is 13.7. The van der Waals surface area contributed by atoms with Gasteiger partial charge in [0.25, 0.3) is 5.91 Å². The molecule has 0 radical (unpaired) electrons. The maximum absolute atomic E-state index is 12.4. The minimum atomic E-state index is -0.671. The van der Waals surface area contributed by atoms with Crippen LogP contribution < -0.4 is 14.8 Å². The Kier molecular flexibility index (Phi) is 5.50. The van der Waals surface area contributed by atoms with Crippen molar-refractivity contribution in [1.82, 2.24) is 10.2 Å². The highest BCUT2D eigenvalue weighted by Crippen LogP contribution is 2.33. The highest BCUT2D eigenvalue weighted by atomic mass is 16.6. The number of ether oxygens (including phenoxy) is 2. The Hall–Kier alpha value is -2.97. The van der Waals surface area contributed by atoms with Crippen molar-refractivity contribution in [2.24, 2.45) is 0 Å². The van der Waals surface area contributed by atoms with Crippen molar-refractivity contribution >= 4 is 5.91 Å². The van der Waals surface area contributed by atoms with Gasteiger partial charge in [0, 0.05) is 13.1 Å². The zero-order valence-electron chi connectivity index (χ0n) is 16.0. The van der Waals surface area contributed by atoms with Gasteiger partial charge in [0.2, 0.25) is 6.10 Å². The molecule has 5 heteroatoms. The number of nitrogens with one attached hydrogen (secondary N) is 1. The van der Waals surface area contributed by atoms with Crippen molar-refractivity contribution in [2.75, 3.05) is 19.6 Å². The number of nitrogens with zero attached hydrogens (tertiary/aromatic N) is 1. The van der Waals surface area contributed by atoms with E-state index in [2.05, 4.69) is 46.3 Å². The highest BCUT2D eigenvalue weighted by molar-refractivity contribution is 5.82. The van der Waals surface area contributed by atoms with Gasteiger partial charge in [0.1, 0.15) is 6.10 Å². The molecule has 0 aliphatic carbocycles. The van der Waals surface area contributed by atoms with Crippen LogP contribution in [0.15, 0.2) is 48.5 Å². The molecule has 0 fully saturated rings. The summed E-state index contributed by atoms with van der Waals surface area (Å²) < 4.78 is 11.6. The van der Waals surface area contributed by atoms with Crippen molar-refractivity contribution in [3.8, 4) is 23.3 Å². The van der Waals surface area contributed by atoms with Crippen LogP contribution in [0.2, 0.25) is 0 Å². The lowest BCUT2D eigenvalue weighted by molar-refractivity contribution is -0.133. The van der Waals surface area contributed by atoms with Crippen LogP contribution in [0.1, 0.15) is 18.1 Å². The third kappa shape index (κ3) is 4.13. The number of carbonyl (C=O) groups excluding carboxylic acids is 1. The molecule has 0 saturated carbocycles. The Balaban J connectivity index is 1.24. The van der Waals surface area contributed by atoms with Gasteiger partial charge in [-0.3, -0.25) is 9.69 Å². The quantitative estimate of drug-likeness (QED) is 0.836. The molecule has 2 aliphatic rings. The summed E-state index contributed by atoms with van der Waals surface area (Å²) in [7, 11) is 0. The normalized spacial score (nSPS) is 20.5. The molecule has 0 spiro atoms. The molecule has 4 rings (SSSR count). The van der Waals surface area contributed by atoms with Crippen LogP contribution in [-0.4, -0.2) is 42.6 Å². The molecule has 2 atom stereocenters. The molecule has 2 aliphatic heterocycles. The number of benzene rings is 2. The van der Waals surface area contributed by atoms with Crippen LogP contribution in [0.25, 0.3) is 0 Å². The van der Waals surface area contributed by atoms with E-state index in [1.54, 1.807) is 6.07 Å². The fourth-order valence-electron chi connectivity index (χ4n) is 3.56. The van der Waals surface area contributed by atoms with E-state index in [-0.39, 0.29) is 12.0 Å². The predicted octanol–water partition coefficient (Wildman–Crippen LogP) is 2.39. The number of hydrogen-bond donors (Lipinski definition) is 1. The van der Waals surface area contributed by atoms with E-state index < -0.39 is 6.10 Å². The van der Waals surface area contributed by atoms with Crippen molar-refractivity contribution in [3.05, 3.63) is 59.7 Å². The van der Waals surface area contributed by atoms with Gasteiger partial charge in [-0.1, -0.05) is 48.2 Å². The molecule has 2 aromatic rings. The second-order valence-corrected chi connectivity index (χ2v) is 7.11. The van der Waals surface area contributed by atoms with Crippen LogP contribution in [-0.2, 0) is 17.8 Å². The van der Waals surface area contributed by atoms with Gasteiger partial charge in [-0.05, 0) is 36.6 Å². The van der Waals surface area contributed by atoms with E-state index in [9.17, 15) is 4.79 Å². The molecule has 5 nitrogen and oxygen atoms in total. The summed E-state index contributed by atoms with van der Waals surface area (Å²) in [5.41, 5.74) is 2.82. The molecule has 0 unspecified atom stereocenters. The molecule has 1 amide bonds. The average Bonchev–Trinajstić information content (AvgIpc) is 2.72. The Bertz CT molecular complexity index is 915. The minimum Gasteiger partial charge on any atom is -0.482 e. The second-order valence-electron chi connectivity index (χ2n) is 7.11. The Labute approximate surface area is 165 Å². The van der Waals surface area contributed by atoms with Gasteiger partial charge in [-0.15, -0.1) is 0 Å². The van der Waals surface area contributed by atoms with Crippen molar-refractivity contribution < 1.29 is 14.3 Å². The number of rotatable bonds is 3. The first-order valence-electron chi connectivity index (χ1n) is 9.65. The molecule has 0 saturated heterocycles. The van der Waals surface area contributed by atoms with Crippen LogP contribution in [0.5, 0.6) is 11.5 Å². The molecule has 2 aromatic carbocycles. The van der Waals surface area contributed by atoms with Crippen LogP contribution in [0.4, 0.5) is 0 Å². The summed E-state index contributed by atoms with van der Waals surface area (Å²) in [6.07, 6.45) is 0.0408. The van der Waals surface area contributed by atoms with Crippen molar-refractivity contribution in [2.45, 2.75) is 32.1 Å². The van der Waals surface area contributed by atoms with Crippen molar-refractivity contribution in [1.29, 1.82) is 0 Å². The van der Waals surface area contributed by atoms with E-state index in [1.165, 1.54) is 11.1 Å². The van der Waals surface area contributed by atoms with Gasteiger partial charge in [-0.2, -0.15) is 0 Å². The zero-order chi connectivity index (χ0) is 19.3. The summed E-state index contributed by atoms with van der Waals surface area (Å²) in [6.45, 7) is 4.79. The van der Waals surface area contributed by atoms with Crippen LogP contribution >= 0.6 is 0 Å². The number of para-hydroxylation sites is 2. The second kappa shape index (κ2) is 8.37. The van der Waals surface area contributed by atoms with E-state index >= 15 is 0 Å². The van der Waals surface area contributed by atoms with E-state index in [0.717, 1.165) is 19.5 Å². The van der Waals surface area contributed by atoms with Crippen molar-refractivity contribution in [3.63, 3.8) is 0 Å². The number of hydrogen-bond acceptors (Lipinski definition) is 4. The average molecular weight is 376 g/mol. The highest BCUT2D eigenvalue weighted by Gasteiger charge is 2.33. The molecular formula is C23H24N2O3. The molecule has 144 valence electrons. The SMILES string of the molecule is C[C@@H]1Oc2ccccc2O[C@@H]1C(=O)NCC#CCN1CCc2ccccc2C1. The van der Waals surface area contributed by atoms with Crippen LogP contribution in [0, 0.1) is 11.8 Å². The smallest absolute Gasteiger partial charge is 0.265 e. The largest absolute Gasteiger partial charge is 0.482 e. The van der Waals surface area contributed by atoms with E-state index in [0.29, 0.717) is 24.6 Å². The van der Waals surface area contributed by atoms with Crippen LogP contribution in [0.3, 0.4) is 0 Å². The van der Waals surface area contributed by atoms with Gasteiger partial charge < -0.3 is 14.8 Å². The molecule has 1 N–H and O–H groups in total. The molecule has 28 heavy (non-hydrogen) atoms. The number of fused-ring (bicyclic) bond motifs is 2. The fourth-order valence-corrected chi connectivity index (χ4v) is 3.56. The minimum absolute atomic E-state index is 0.205. The summed E-state index contributed by atoms with van der Waals surface area (Å²) in [5, 5.41) is 2.83. The summed E-state index contributed by atoms with van der Waals surface area (Å²) in [5.74, 6) is 7.26. The standard InChI is InChI=1S/C23H24N2O3/c1-17-22(28-21-11-5-4-10-20(21)27-17)23(26)24-13-6-7-14-25-15-12-18-8-2-3-9-19(18)16-25/h2-5,8-11,17,22H,12-16H2,1H3,(H,24,26)/t17-,22-/m0/s1. The van der Waals surface area contributed by atoms with Gasteiger partial charge in [0.15, 0.2) is 11.5 Å². The Morgan fingerprint density at radius 3 is 2.61 bits per heavy atom. The fraction of sp³-hybridized carbons (Fsp3) is 0.348. The first kappa shape index (κ1) is 18.4. The predicted molar refractivity (Wildman–Crippen MR) is 107 cm³/mol. The third-order valence-electron chi connectivity index (χ3n) is 5.09. The lowest BCUT2D eigenvalue weighted by Gasteiger charge is -2.30. The molecule has 0 aromatic heterocycles. The summed E-state index contributed by atoms with van der Waals surface area (Å²) in [4.78, 5) is 14.8. The number of carbonyl (C=O) groups is 1. The van der Waals surface area contributed by atoms with Gasteiger partial charge in [0.05, 0.1) is 13.1 Å². The van der Waals surface area contributed by atoms with E-state index in [1.807, 2.05) is 25.1 Å².